The first kappa shape index (κ1) is 9.44. The summed E-state index contributed by atoms with van der Waals surface area (Å²) in [6, 6.07) is 1.52. The van der Waals surface area contributed by atoms with Gasteiger partial charge in [-0.1, -0.05) is 0 Å². The lowest BCUT2D eigenvalue weighted by molar-refractivity contribution is -0.0258. The van der Waals surface area contributed by atoms with Gasteiger partial charge in [0.2, 0.25) is 0 Å². The minimum absolute atomic E-state index is 0.453. The van der Waals surface area contributed by atoms with Crippen LogP contribution in [0.3, 0.4) is 0 Å². The van der Waals surface area contributed by atoms with E-state index in [1.165, 1.54) is 25.9 Å². The van der Waals surface area contributed by atoms with E-state index in [1.807, 2.05) is 0 Å². The molecule has 0 saturated carbocycles. The molecule has 0 aliphatic carbocycles. The second-order valence-electron chi connectivity index (χ2n) is 4.34. The van der Waals surface area contributed by atoms with Crippen LogP contribution in [-0.2, 0) is 4.74 Å². The third-order valence-electron chi connectivity index (χ3n) is 3.37. The number of hydrogen-bond donors (Lipinski definition) is 1. The zero-order chi connectivity index (χ0) is 9.26. The first-order valence-corrected chi connectivity index (χ1v) is 5.31. The van der Waals surface area contributed by atoms with Crippen LogP contribution in [0.5, 0.6) is 0 Å². The van der Waals surface area contributed by atoms with Crippen molar-refractivity contribution < 1.29 is 4.74 Å². The average Bonchev–Trinajstić information content (AvgIpc) is 2.01. The summed E-state index contributed by atoms with van der Waals surface area (Å²) in [5, 5.41) is 3.32. The van der Waals surface area contributed by atoms with Gasteiger partial charge in [-0.25, -0.2) is 0 Å². The maximum Gasteiger partial charge on any atom is 0.0561 e. The van der Waals surface area contributed by atoms with Gasteiger partial charge in [-0.3, -0.25) is 4.90 Å². The Balaban J connectivity index is 1.83. The van der Waals surface area contributed by atoms with Gasteiger partial charge in [0, 0.05) is 31.8 Å². The second kappa shape index (κ2) is 3.95. The van der Waals surface area contributed by atoms with E-state index >= 15 is 0 Å². The first-order chi connectivity index (χ1) is 6.27. The largest absolute Gasteiger partial charge is 0.378 e. The Hall–Kier alpha value is -0.120. The zero-order valence-electron chi connectivity index (χ0n) is 8.62. The van der Waals surface area contributed by atoms with Gasteiger partial charge in [0.25, 0.3) is 0 Å². The lowest BCUT2D eigenvalue weighted by atomic mass is 9.99. The molecule has 2 aliphatic rings. The standard InChI is InChI=1S/C10H20N2O/c1-8-5-9(3-4-13-8)12(2)10-6-11-7-10/h8-11H,3-7H2,1-2H3. The number of likely N-dealkylation sites (N-methyl/N-ethyl adjacent to an activating group) is 1. The van der Waals surface area contributed by atoms with Gasteiger partial charge in [-0.2, -0.15) is 0 Å². The molecule has 2 heterocycles. The normalized spacial score (nSPS) is 36.2. The van der Waals surface area contributed by atoms with Crippen LogP contribution < -0.4 is 5.32 Å². The second-order valence-corrected chi connectivity index (χ2v) is 4.34. The van der Waals surface area contributed by atoms with E-state index < -0.39 is 0 Å². The molecule has 3 heteroatoms. The van der Waals surface area contributed by atoms with Crippen LogP contribution in [0.1, 0.15) is 19.8 Å². The highest BCUT2D eigenvalue weighted by atomic mass is 16.5. The van der Waals surface area contributed by atoms with Crippen LogP contribution in [0.25, 0.3) is 0 Å². The molecule has 0 spiro atoms. The Morgan fingerprint density at radius 3 is 2.62 bits per heavy atom. The Morgan fingerprint density at radius 2 is 2.08 bits per heavy atom. The highest BCUT2D eigenvalue weighted by Crippen LogP contribution is 2.20. The molecule has 13 heavy (non-hydrogen) atoms. The van der Waals surface area contributed by atoms with Crippen molar-refractivity contribution >= 4 is 0 Å². The van der Waals surface area contributed by atoms with E-state index in [0.29, 0.717) is 6.10 Å². The van der Waals surface area contributed by atoms with Gasteiger partial charge in [0.05, 0.1) is 6.10 Å². The zero-order valence-corrected chi connectivity index (χ0v) is 8.62. The van der Waals surface area contributed by atoms with Crippen LogP contribution >= 0.6 is 0 Å². The first-order valence-electron chi connectivity index (χ1n) is 5.31. The lowest BCUT2D eigenvalue weighted by Gasteiger charge is -2.43. The monoisotopic (exact) mass is 184 g/mol. The average molecular weight is 184 g/mol. The van der Waals surface area contributed by atoms with Crippen molar-refractivity contribution in [3.05, 3.63) is 0 Å². The number of ether oxygens (including phenoxy) is 1. The highest BCUT2D eigenvalue weighted by molar-refractivity contribution is 4.88. The third-order valence-corrected chi connectivity index (χ3v) is 3.37. The molecule has 0 radical (unpaired) electrons. The number of nitrogens with one attached hydrogen (secondary N) is 1. The van der Waals surface area contributed by atoms with Crippen LogP contribution in [0.2, 0.25) is 0 Å². The molecule has 0 aromatic heterocycles. The summed E-state index contributed by atoms with van der Waals surface area (Å²) in [5.74, 6) is 0. The molecule has 2 fully saturated rings. The van der Waals surface area contributed by atoms with Gasteiger partial charge in [-0.15, -0.1) is 0 Å². The van der Waals surface area contributed by atoms with E-state index in [0.717, 1.165) is 18.7 Å². The molecule has 76 valence electrons. The Kier molecular flexibility index (Phi) is 2.86. The number of rotatable bonds is 2. The fourth-order valence-corrected chi connectivity index (χ4v) is 2.20. The van der Waals surface area contributed by atoms with Crippen LogP contribution in [0, 0.1) is 0 Å². The van der Waals surface area contributed by atoms with Crippen LogP contribution in [0.15, 0.2) is 0 Å². The minimum Gasteiger partial charge on any atom is -0.378 e. The van der Waals surface area contributed by atoms with Gasteiger partial charge < -0.3 is 10.1 Å². The summed E-state index contributed by atoms with van der Waals surface area (Å²) < 4.78 is 5.55. The van der Waals surface area contributed by atoms with Crippen molar-refractivity contribution in [3.8, 4) is 0 Å². The fourth-order valence-electron chi connectivity index (χ4n) is 2.20. The maximum atomic E-state index is 5.55. The topological polar surface area (TPSA) is 24.5 Å². The molecule has 2 aliphatic heterocycles. The van der Waals surface area contributed by atoms with E-state index in [2.05, 4.69) is 24.2 Å². The molecule has 2 atom stereocenters. The molecule has 0 aromatic carbocycles. The molecule has 2 saturated heterocycles. The number of hydrogen-bond acceptors (Lipinski definition) is 3. The van der Waals surface area contributed by atoms with Crippen molar-refractivity contribution in [2.24, 2.45) is 0 Å². The lowest BCUT2D eigenvalue weighted by Crippen LogP contribution is -2.59. The van der Waals surface area contributed by atoms with Crippen molar-refractivity contribution in [2.75, 3.05) is 26.7 Å². The maximum absolute atomic E-state index is 5.55. The summed E-state index contributed by atoms with van der Waals surface area (Å²) in [6.45, 7) is 5.46. The Morgan fingerprint density at radius 1 is 1.31 bits per heavy atom. The fraction of sp³-hybridized carbons (Fsp3) is 1.00. The van der Waals surface area contributed by atoms with Gasteiger partial charge in [0.1, 0.15) is 0 Å². The van der Waals surface area contributed by atoms with E-state index in [4.69, 9.17) is 4.74 Å². The molecule has 0 amide bonds. The SMILES string of the molecule is CC1CC(N(C)C2CNC2)CCO1. The third kappa shape index (κ3) is 2.03. The minimum atomic E-state index is 0.453. The molecular formula is C10H20N2O. The smallest absolute Gasteiger partial charge is 0.0561 e. The van der Waals surface area contributed by atoms with Crippen molar-refractivity contribution in [1.82, 2.24) is 10.2 Å². The molecule has 3 nitrogen and oxygen atoms in total. The summed E-state index contributed by atoms with van der Waals surface area (Å²) in [5.41, 5.74) is 0. The number of nitrogens with zero attached hydrogens (tertiary/aromatic N) is 1. The summed E-state index contributed by atoms with van der Waals surface area (Å²) in [7, 11) is 2.26. The molecule has 0 aromatic rings. The summed E-state index contributed by atoms with van der Waals surface area (Å²) in [4.78, 5) is 2.54. The van der Waals surface area contributed by atoms with E-state index in [-0.39, 0.29) is 0 Å². The Bertz CT molecular complexity index is 170. The highest BCUT2D eigenvalue weighted by Gasteiger charge is 2.30. The van der Waals surface area contributed by atoms with Crippen molar-refractivity contribution in [1.29, 1.82) is 0 Å². The summed E-state index contributed by atoms with van der Waals surface area (Å²) in [6.07, 6.45) is 2.86. The van der Waals surface area contributed by atoms with Crippen molar-refractivity contribution in [3.63, 3.8) is 0 Å². The predicted octanol–water partition coefficient (Wildman–Crippen LogP) is 0.457. The molecule has 0 bridgehead atoms. The van der Waals surface area contributed by atoms with Crippen LogP contribution in [0.4, 0.5) is 0 Å². The van der Waals surface area contributed by atoms with Gasteiger partial charge in [-0.05, 0) is 26.8 Å². The van der Waals surface area contributed by atoms with Crippen molar-refractivity contribution in [2.45, 2.75) is 38.0 Å². The molecule has 2 rings (SSSR count). The molecular weight excluding hydrogens is 164 g/mol. The Labute approximate surface area is 80.4 Å². The van der Waals surface area contributed by atoms with Gasteiger partial charge >= 0.3 is 0 Å². The van der Waals surface area contributed by atoms with E-state index in [9.17, 15) is 0 Å². The molecule has 1 N–H and O–H groups in total. The van der Waals surface area contributed by atoms with Gasteiger partial charge in [0.15, 0.2) is 0 Å². The summed E-state index contributed by atoms with van der Waals surface area (Å²) >= 11 is 0. The quantitative estimate of drug-likeness (QED) is 0.674. The molecule has 2 unspecified atom stereocenters. The van der Waals surface area contributed by atoms with Crippen LogP contribution in [-0.4, -0.2) is 49.8 Å². The predicted molar refractivity (Wildman–Crippen MR) is 52.9 cm³/mol. The van der Waals surface area contributed by atoms with E-state index in [1.54, 1.807) is 0 Å².